The van der Waals surface area contributed by atoms with Crippen molar-refractivity contribution in [2.24, 2.45) is 5.92 Å². The van der Waals surface area contributed by atoms with Gasteiger partial charge in [0.25, 0.3) is 5.91 Å². The van der Waals surface area contributed by atoms with Crippen molar-refractivity contribution in [3.05, 3.63) is 16.1 Å². The average molecular weight is 293 g/mol. The van der Waals surface area contributed by atoms with Crippen LogP contribution < -0.4 is 5.32 Å². The number of aromatic nitrogens is 1. The van der Waals surface area contributed by atoms with Crippen LogP contribution in [-0.4, -0.2) is 27.4 Å². The lowest BCUT2D eigenvalue weighted by Crippen LogP contribution is -2.46. The molecule has 0 spiro atoms. The van der Waals surface area contributed by atoms with Crippen LogP contribution >= 0.6 is 11.3 Å². The molecule has 3 amide bonds. The minimum Gasteiger partial charge on any atom is -0.323 e. The molecular formula is C14H19N3O2S. The van der Waals surface area contributed by atoms with Crippen LogP contribution in [0, 0.1) is 5.92 Å². The van der Waals surface area contributed by atoms with Gasteiger partial charge in [-0.3, -0.25) is 9.69 Å². The Morgan fingerprint density at radius 1 is 1.50 bits per heavy atom. The van der Waals surface area contributed by atoms with Gasteiger partial charge in [0.15, 0.2) is 0 Å². The number of carbonyl (C=O) groups excluding carboxylic acids is 2. The van der Waals surface area contributed by atoms with Crippen LogP contribution in [0.25, 0.3) is 0 Å². The maximum atomic E-state index is 12.5. The molecule has 1 saturated carbocycles. The number of rotatable bonds is 4. The van der Waals surface area contributed by atoms with Gasteiger partial charge in [0, 0.05) is 11.3 Å². The van der Waals surface area contributed by atoms with Gasteiger partial charge in [-0.15, -0.1) is 11.3 Å². The Bertz CT molecular complexity index is 565. The fraction of sp³-hybridized carbons (Fsp3) is 0.643. The van der Waals surface area contributed by atoms with E-state index in [9.17, 15) is 9.59 Å². The van der Waals surface area contributed by atoms with Crippen molar-refractivity contribution < 1.29 is 9.59 Å². The van der Waals surface area contributed by atoms with Gasteiger partial charge in [-0.2, -0.15) is 0 Å². The number of nitrogens with one attached hydrogen (secondary N) is 1. The van der Waals surface area contributed by atoms with Gasteiger partial charge < -0.3 is 5.32 Å². The van der Waals surface area contributed by atoms with Crippen molar-refractivity contribution in [2.75, 3.05) is 0 Å². The molecular weight excluding hydrogens is 274 g/mol. The summed E-state index contributed by atoms with van der Waals surface area (Å²) in [5.41, 5.74) is 0.0933. The summed E-state index contributed by atoms with van der Waals surface area (Å²) in [6.07, 6.45) is 2.04. The molecule has 5 nitrogen and oxygen atoms in total. The first-order chi connectivity index (χ1) is 9.41. The molecule has 0 radical (unpaired) electrons. The molecule has 108 valence electrons. The number of hydrogen-bond acceptors (Lipinski definition) is 4. The fourth-order valence-corrected chi connectivity index (χ4v) is 3.45. The molecule has 1 atom stereocenters. The van der Waals surface area contributed by atoms with E-state index >= 15 is 0 Å². The number of thiazole rings is 1. The van der Waals surface area contributed by atoms with E-state index in [1.54, 1.807) is 11.3 Å². The first-order valence-electron chi connectivity index (χ1n) is 7.00. The summed E-state index contributed by atoms with van der Waals surface area (Å²) in [4.78, 5) is 30.3. The van der Waals surface area contributed by atoms with Crippen molar-refractivity contribution in [1.82, 2.24) is 15.2 Å². The molecule has 2 aliphatic rings. The maximum absolute atomic E-state index is 12.5. The Kier molecular flexibility index (Phi) is 3.08. The second-order valence-corrected chi connectivity index (χ2v) is 7.02. The van der Waals surface area contributed by atoms with Crippen LogP contribution in [0.3, 0.4) is 0 Å². The second-order valence-electron chi connectivity index (χ2n) is 6.13. The highest BCUT2D eigenvalue weighted by atomic mass is 32.1. The SMILES string of the molecule is CC(C)c1nc(CN2C(=O)NC(C)(C3CC3)C2=O)cs1. The first kappa shape index (κ1) is 13.5. The minimum atomic E-state index is -0.700. The van der Waals surface area contributed by atoms with Crippen molar-refractivity contribution in [2.45, 2.75) is 51.6 Å². The zero-order valence-electron chi connectivity index (χ0n) is 12.0. The lowest BCUT2D eigenvalue weighted by atomic mass is 9.96. The lowest BCUT2D eigenvalue weighted by Gasteiger charge is -2.20. The zero-order chi connectivity index (χ0) is 14.5. The number of nitrogens with zero attached hydrogens (tertiary/aromatic N) is 2. The summed E-state index contributed by atoms with van der Waals surface area (Å²) < 4.78 is 0. The van der Waals surface area contributed by atoms with Gasteiger partial charge in [0.05, 0.1) is 17.2 Å². The minimum absolute atomic E-state index is 0.107. The van der Waals surface area contributed by atoms with Crippen molar-refractivity contribution in [1.29, 1.82) is 0 Å². The summed E-state index contributed by atoms with van der Waals surface area (Å²) in [5.74, 6) is 0.559. The number of carbonyl (C=O) groups is 2. The van der Waals surface area contributed by atoms with E-state index in [0.29, 0.717) is 11.8 Å². The van der Waals surface area contributed by atoms with Crippen LogP contribution in [0.15, 0.2) is 5.38 Å². The van der Waals surface area contributed by atoms with E-state index in [1.165, 1.54) is 4.90 Å². The Labute approximate surface area is 122 Å². The van der Waals surface area contributed by atoms with Crippen LogP contribution in [0.2, 0.25) is 0 Å². The second kappa shape index (κ2) is 4.55. The highest BCUT2D eigenvalue weighted by molar-refractivity contribution is 7.09. The van der Waals surface area contributed by atoms with Crippen LogP contribution in [0.5, 0.6) is 0 Å². The highest BCUT2D eigenvalue weighted by Crippen LogP contribution is 2.42. The largest absolute Gasteiger partial charge is 0.325 e. The van der Waals surface area contributed by atoms with E-state index in [1.807, 2.05) is 12.3 Å². The molecule has 2 heterocycles. The molecule has 1 saturated heterocycles. The summed E-state index contributed by atoms with van der Waals surface area (Å²) >= 11 is 1.58. The maximum Gasteiger partial charge on any atom is 0.325 e. The molecule has 2 fully saturated rings. The molecule has 1 aliphatic carbocycles. The molecule has 20 heavy (non-hydrogen) atoms. The molecule has 1 unspecified atom stereocenters. The van der Waals surface area contributed by atoms with Gasteiger partial charge >= 0.3 is 6.03 Å². The van der Waals surface area contributed by atoms with Gasteiger partial charge in [-0.05, 0) is 25.7 Å². The monoisotopic (exact) mass is 293 g/mol. The zero-order valence-corrected chi connectivity index (χ0v) is 12.8. The number of amides is 3. The standard InChI is InChI=1S/C14H19N3O2S/c1-8(2)11-15-10(7-20-11)6-17-12(18)14(3,9-4-5-9)16-13(17)19/h7-9H,4-6H2,1-3H3,(H,16,19). The summed E-state index contributed by atoms with van der Waals surface area (Å²) in [6, 6.07) is -0.288. The summed E-state index contributed by atoms with van der Waals surface area (Å²) in [6.45, 7) is 6.28. The third kappa shape index (κ3) is 2.12. The summed E-state index contributed by atoms with van der Waals surface area (Å²) in [7, 11) is 0. The third-order valence-corrected chi connectivity index (χ3v) is 5.27. The highest BCUT2D eigenvalue weighted by Gasteiger charge is 2.55. The van der Waals surface area contributed by atoms with E-state index < -0.39 is 5.54 Å². The quantitative estimate of drug-likeness (QED) is 0.868. The van der Waals surface area contributed by atoms with E-state index in [-0.39, 0.29) is 18.5 Å². The van der Waals surface area contributed by atoms with Gasteiger partial charge in [-0.1, -0.05) is 13.8 Å². The topological polar surface area (TPSA) is 62.3 Å². The molecule has 3 rings (SSSR count). The predicted octanol–water partition coefficient (Wildman–Crippen LogP) is 2.49. The molecule has 0 aromatic carbocycles. The van der Waals surface area contributed by atoms with Crippen LogP contribution in [0.1, 0.15) is 50.2 Å². The lowest BCUT2D eigenvalue weighted by molar-refractivity contribution is -0.131. The number of hydrogen-bond donors (Lipinski definition) is 1. The van der Waals surface area contributed by atoms with Crippen LogP contribution in [0.4, 0.5) is 4.79 Å². The fourth-order valence-electron chi connectivity index (χ4n) is 2.62. The van der Waals surface area contributed by atoms with Crippen molar-refractivity contribution in [3.8, 4) is 0 Å². The van der Waals surface area contributed by atoms with Crippen LogP contribution in [-0.2, 0) is 11.3 Å². The van der Waals surface area contributed by atoms with Gasteiger partial charge in [0.2, 0.25) is 0 Å². The number of urea groups is 1. The average Bonchev–Trinajstić information content (AvgIpc) is 3.10. The molecule has 6 heteroatoms. The van der Waals surface area contributed by atoms with Gasteiger partial charge in [-0.25, -0.2) is 9.78 Å². The predicted molar refractivity (Wildman–Crippen MR) is 76.4 cm³/mol. The first-order valence-corrected chi connectivity index (χ1v) is 7.88. The molecule has 1 aliphatic heterocycles. The smallest absolute Gasteiger partial charge is 0.323 e. The molecule has 1 aromatic rings. The van der Waals surface area contributed by atoms with E-state index in [2.05, 4.69) is 24.1 Å². The number of imide groups is 1. The Morgan fingerprint density at radius 3 is 2.75 bits per heavy atom. The molecule has 0 bridgehead atoms. The van der Waals surface area contributed by atoms with Crippen molar-refractivity contribution >= 4 is 23.3 Å². The Morgan fingerprint density at radius 2 is 2.20 bits per heavy atom. The van der Waals surface area contributed by atoms with E-state index in [4.69, 9.17) is 0 Å². The van der Waals surface area contributed by atoms with E-state index in [0.717, 1.165) is 23.5 Å². The normalized spacial score (nSPS) is 26.5. The van der Waals surface area contributed by atoms with Crippen molar-refractivity contribution in [3.63, 3.8) is 0 Å². The Hall–Kier alpha value is -1.43. The third-order valence-electron chi connectivity index (χ3n) is 4.08. The Balaban J connectivity index is 1.76. The molecule has 1 aromatic heterocycles. The molecule has 1 N–H and O–H groups in total. The van der Waals surface area contributed by atoms with Gasteiger partial charge in [0.1, 0.15) is 5.54 Å². The summed E-state index contributed by atoms with van der Waals surface area (Å²) in [5, 5.41) is 5.83.